The Labute approximate surface area is 154 Å². The van der Waals surface area contributed by atoms with Crippen molar-refractivity contribution in [3.63, 3.8) is 0 Å². The van der Waals surface area contributed by atoms with Gasteiger partial charge in [-0.25, -0.2) is 18.1 Å². The van der Waals surface area contributed by atoms with E-state index in [-0.39, 0.29) is 4.90 Å². The van der Waals surface area contributed by atoms with E-state index < -0.39 is 10.0 Å². The van der Waals surface area contributed by atoms with Crippen molar-refractivity contribution >= 4 is 15.8 Å². The van der Waals surface area contributed by atoms with Crippen molar-refractivity contribution in [3.05, 3.63) is 53.7 Å². The molecule has 0 radical (unpaired) electrons. The fraction of sp³-hybridized carbons (Fsp3) is 0.421. The van der Waals surface area contributed by atoms with Crippen LogP contribution in [0.1, 0.15) is 24.0 Å². The molecule has 2 aliphatic rings. The normalized spacial score (nSPS) is 19.8. The SMILES string of the molecule is O=S(=O)(NCC1CC1)c1ccc(NCC2Cc3ccccc3CN2)nc1. The van der Waals surface area contributed by atoms with Gasteiger partial charge >= 0.3 is 0 Å². The van der Waals surface area contributed by atoms with Crippen LogP contribution in [0.3, 0.4) is 0 Å². The van der Waals surface area contributed by atoms with Crippen LogP contribution in [-0.4, -0.2) is 32.5 Å². The summed E-state index contributed by atoms with van der Waals surface area (Å²) < 4.78 is 27.1. The Bertz CT molecular complexity index is 863. The Morgan fingerprint density at radius 1 is 1.08 bits per heavy atom. The van der Waals surface area contributed by atoms with Crippen molar-refractivity contribution < 1.29 is 8.42 Å². The summed E-state index contributed by atoms with van der Waals surface area (Å²) in [6.07, 6.45) is 4.62. The van der Waals surface area contributed by atoms with Gasteiger partial charge in [0.25, 0.3) is 0 Å². The molecule has 26 heavy (non-hydrogen) atoms. The van der Waals surface area contributed by atoms with E-state index >= 15 is 0 Å². The Balaban J connectivity index is 1.32. The summed E-state index contributed by atoms with van der Waals surface area (Å²) >= 11 is 0. The molecule has 2 aromatic rings. The standard InChI is InChI=1S/C19H24N4O2S/c24-26(25,23-10-14-5-6-14)18-7-8-19(22-13-18)21-12-17-9-15-3-1-2-4-16(15)11-20-17/h1-4,7-8,13-14,17,20,23H,5-6,9-12H2,(H,21,22). The average molecular weight is 372 g/mol. The number of nitrogens with zero attached hydrogens (tertiary/aromatic N) is 1. The number of rotatable bonds is 7. The fourth-order valence-electron chi connectivity index (χ4n) is 3.17. The maximum absolute atomic E-state index is 12.2. The summed E-state index contributed by atoms with van der Waals surface area (Å²) in [6, 6.07) is 12.1. The number of aromatic nitrogens is 1. The van der Waals surface area contributed by atoms with Crippen LogP contribution < -0.4 is 15.4 Å². The number of pyridine rings is 1. The lowest BCUT2D eigenvalue weighted by Crippen LogP contribution is -2.40. The van der Waals surface area contributed by atoms with Gasteiger partial charge < -0.3 is 10.6 Å². The van der Waals surface area contributed by atoms with Gasteiger partial charge in [-0.05, 0) is 48.4 Å². The molecule has 1 aromatic heterocycles. The third kappa shape index (κ3) is 4.23. The quantitative estimate of drug-likeness (QED) is 0.691. The zero-order valence-electron chi connectivity index (χ0n) is 14.6. The smallest absolute Gasteiger partial charge is 0.242 e. The highest BCUT2D eigenvalue weighted by molar-refractivity contribution is 7.89. The number of fused-ring (bicyclic) bond motifs is 1. The highest BCUT2D eigenvalue weighted by atomic mass is 32.2. The van der Waals surface area contributed by atoms with Crippen molar-refractivity contribution in [3.8, 4) is 0 Å². The first-order valence-corrected chi connectivity index (χ1v) is 10.6. The molecule has 6 nitrogen and oxygen atoms in total. The molecular formula is C19H24N4O2S. The minimum Gasteiger partial charge on any atom is -0.368 e. The molecule has 0 saturated heterocycles. The van der Waals surface area contributed by atoms with Crippen molar-refractivity contribution in [2.24, 2.45) is 5.92 Å². The van der Waals surface area contributed by atoms with Gasteiger partial charge in [0.15, 0.2) is 0 Å². The van der Waals surface area contributed by atoms with Crippen LogP contribution in [0, 0.1) is 5.92 Å². The monoisotopic (exact) mass is 372 g/mol. The lowest BCUT2D eigenvalue weighted by molar-refractivity contribution is 0.496. The fourth-order valence-corrected chi connectivity index (χ4v) is 4.23. The van der Waals surface area contributed by atoms with Crippen LogP contribution >= 0.6 is 0 Å². The minimum atomic E-state index is -3.45. The number of anilines is 1. The molecule has 1 aromatic carbocycles. The summed E-state index contributed by atoms with van der Waals surface area (Å²) in [7, 11) is -3.45. The van der Waals surface area contributed by atoms with Gasteiger partial charge in [0.2, 0.25) is 10.0 Å². The minimum absolute atomic E-state index is 0.216. The third-order valence-electron chi connectivity index (χ3n) is 5.00. The summed E-state index contributed by atoms with van der Waals surface area (Å²) in [5, 5.41) is 6.81. The first kappa shape index (κ1) is 17.5. The summed E-state index contributed by atoms with van der Waals surface area (Å²) in [5.41, 5.74) is 2.74. The van der Waals surface area contributed by atoms with Gasteiger partial charge in [0.05, 0.1) is 0 Å². The zero-order chi connectivity index (χ0) is 18.0. The summed E-state index contributed by atoms with van der Waals surface area (Å²) in [5.74, 6) is 1.19. The number of sulfonamides is 1. The Kier molecular flexibility index (Phi) is 4.93. The van der Waals surface area contributed by atoms with Crippen molar-refractivity contribution in [2.45, 2.75) is 36.7 Å². The zero-order valence-corrected chi connectivity index (χ0v) is 15.4. The Morgan fingerprint density at radius 2 is 1.88 bits per heavy atom. The van der Waals surface area contributed by atoms with E-state index in [0.29, 0.717) is 24.3 Å². The van der Waals surface area contributed by atoms with E-state index in [1.54, 1.807) is 12.1 Å². The molecule has 1 unspecified atom stereocenters. The van der Waals surface area contributed by atoms with E-state index in [1.807, 2.05) is 0 Å². The first-order valence-electron chi connectivity index (χ1n) is 9.10. The van der Waals surface area contributed by atoms with Gasteiger partial charge in [-0.2, -0.15) is 0 Å². The second-order valence-electron chi connectivity index (χ2n) is 7.11. The Hall–Kier alpha value is -1.96. The van der Waals surface area contributed by atoms with E-state index in [4.69, 9.17) is 0 Å². The molecule has 4 rings (SSSR count). The van der Waals surface area contributed by atoms with Crippen LogP contribution in [0.2, 0.25) is 0 Å². The third-order valence-corrected chi connectivity index (χ3v) is 6.41. The van der Waals surface area contributed by atoms with E-state index in [1.165, 1.54) is 17.3 Å². The Morgan fingerprint density at radius 3 is 2.62 bits per heavy atom. The van der Waals surface area contributed by atoms with Crippen molar-refractivity contribution in [1.29, 1.82) is 0 Å². The van der Waals surface area contributed by atoms with Crippen LogP contribution in [0.5, 0.6) is 0 Å². The first-order chi connectivity index (χ1) is 12.6. The predicted octanol–water partition coefficient (Wildman–Crippen LogP) is 1.90. The molecule has 0 bridgehead atoms. The highest BCUT2D eigenvalue weighted by Crippen LogP contribution is 2.28. The summed E-state index contributed by atoms with van der Waals surface area (Å²) in [4.78, 5) is 4.47. The number of benzene rings is 1. The maximum Gasteiger partial charge on any atom is 0.242 e. The molecule has 2 heterocycles. The second-order valence-corrected chi connectivity index (χ2v) is 8.87. The van der Waals surface area contributed by atoms with Crippen LogP contribution in [0.4, 0.5) is 5.82 Å². The van der Waals surface area contributed by atoms with Gasteiger partial charge in [0, 0.05) is 31.9 Å². The van der Waals surface area contributed by atoms with Crippen molar-refractivity contribution in [1.82, 2.24) is 15.0 Å². The molecule has 0 spiro atoms. The molecule has 7 heteroatoms. The predicted molar refractivity (Wildman–Crippen MR) is 101 cm³/mol. The highest BCUT2D eigenvalue weighted by Gasteiger charge is 2.24. The lowest BCUT2D eigenvalue weighted by atomic mass is 9.96. The lowest BCUT2D eigenvalue weighted by Gasteiger charge is -2.26. The topological polar surface area (TPSA) is 83.1 Å². The molecule has 1 aliphatic heterocycles. The molecule has 1 saturated carbocycles. The van der Waals surface area contributed by atoms with Crippen molar-refractivity contribution in [2.75, 3.05) is 18.4 Å². The molecule has 3 N–H and O–H groups in total. The second kappa shape index (κ2) is 7.34. The number of hydrogen-bond donors (Lipinski definition) is 3. The largest absolute Gasteiger partial charge is 0.368 e. The van der Waals surface area contributed by atoms with Crippen LogP contribution in [-0.2, 0) is 23.0 Å². The molecule has 0 amide bonds. The van der Waals surface area contributed by atoms with Gasteiger partial charge in [-0.15, -0.1) is 0 Å². The summed E-state index contributed by atoms with van der Waals surface area (Å²) in [6.45, 7) is 2.14. The molecule has 138 valence electrons. The number of nitrogens with one attached hydrogen (secondary N) is 3. The van der Waals surface area contributed by atoms with Gasteiger partial charge in [0.1, 0.15) is 10.7 Å². The van der Waals surface area contributed by atoms with Gasteiger partial charge in [-0.1, -0.05) is 24.3 Å². The molecular weight excluding hydrogens is 348 g/mol. The van der Waals surface area contributed by atoms with E-state index in [0.717, 1.165) is 32.4 Å². The maximum atomic E-state index is 12.2. The molecule has 1 atom stereocenters. The average Bonchev–Trinajstić information content (AvgIpc) is 3.50. The van der Waals surface area contributed by atoms with Gasteiger partial charge in [-0.3, -0.25) is 0 Å². The van der Waals surface area contributed by atoms with Crippen LogP contribution in [0.25, 0.3) is 0 Å². The number of hydrogen-bond acceptors (Lipinski definition) is 5. The van der Waals surface area contributed by atoms with E-state index in [9.17, 15) is 8.42 Å². The van der Waals surface area contributed by atoms with E-state index in [2.05, 4.69) is 44.6 Å². The molecule has 1 aliphatic carbocycles. The van der Waals surface area contributed by atoms with Crippen LogP contribution in [0.15, 0.2) is 47.5 Å². The molecule has 1 fully saturated rings.